The van der Waals surface area contributed by atoms with Crippen molar-refractivity contribution in [1.29, 1.82) is 0 Å². The summed E-state index contributed by atoms with van der Waals surface area (Å²) in [5, 5.41) is 0. The average Bonchev–Trinajstić information content (AvgIpc) is 3.44. The number of anilines is 6. The Bertz CT molecular complexity index is 2150. The standard InChI is InChI=1S/C54H60Br2N2/c1-9-10-11-12-13-14-35-54(8)50-36-46(57(44-27-19-40(55)20-28-44)42-23-15-38(16-24-42)52(2,3)4)31-33-48(50)49-34-32-47(37-51(49)54)58(45-29-21-41(56)22-30-45)43-25-17-39(18-26-43)53(5,6)7/h15-34,36-37H,9-14,35H2,1-8H3. The highest BCUT2D eigenvalue weighted by Gasteiger charge is 2.40. The van der Waals surface area contributed by atoms with Gasteiger partial charge in [0.15, 0.2) is 0 Å². The molecule has 0 radical (unpaired) electrons. The largest absolute Gasteiger partial charge is 0.310 e. The maximum atomic E-state index is 3.69. The first-order valence-electron chi connectivity index (χ1n) is 21.3. The SMILES string of the molecule is CCCCCCCCC1(C)c2cc(N(c3ccc(Br)cc3)c3ccc(C(C)(C)C)cc3)ccc2-c2ccc(N(c3ccc(Br)cc3)c3ccc(C(C)(C)C)cc3)cc21. The van der Waals surface area contributed by atoms with E-state index in [1.807, 2.05) is 0 Å². The van der Waals surface area contributed by atoms with Crippen molar-refractivity contribution in [2.24, 2.45) is 0 Å². The molecule has 0 saturated carbocycles. The van der Waals surface area contributed by atoms with Crippen LogP contribution >= 0.6 is 31.9 Å². The van der Waals surface area contributed by atoms with E-state index < -0.39 is 0 Å². The highest BCUT2D eigenvalue weighted by Crippen LogP contribution is 2.55. The van der Waals surface area contributed by atoms with Gasteiger partial charge >= 0.3 is 0 Å². The van der Waals surface area contributed by atoms with Crippen LogP contribution in [0.1, 0.15) is 123 Å². The molecule has 0 heterocycles. The fourth-order valence-corrected chi connectivity index (χ4v) is 9.22. The first kappa shape index (κ1) is 42.0. The second kappa shape index (κ2) is 17.2. The quantitative estimate of drug-likeness (QED) is 0.107. The monoisotopic (exact) mass is 894 g/mol. The zero-order valence-electron chi connectivity index (χ0n) is 35.8. The first-order chi connectivity index (χ1) is 27.7. The van der Waals surface area contributed by atoms with Gasteiger partial charge in [-0.2, -0.15) is 0 Å². The number of nitrogens with zero attached hydrogens (tertiary/aromatic N) is 2. The molecule has 0 aromatic heterocycles. The summed E-state index contributed by atoms with van der Waals surface area (Å²) >= 11 is 7.38. The summed E-state index contributed by atoms with van der Waals surface area (Å²) in [6.45, 7) is 18.5. The summed E-state index contributed by atoms with van der Waals surface area (Å²) in [7, 11) is 0. The lowest BCUT2D eigenvalue weighted by molar-refractivity contribution is 0.481. The molecule has 58 heavy (non-hydrogen) atoms. The van der Waals surface area contributed by atoms with Crippen LogP contribution in [0.5, 0.6) is 0 Å². The minimum absolute atomic E-state index is 0.0837. The van der Waals surface area contributed by atoms with Gasteiger partial charge in [0.05, 0.1) is 0 Å². The smallest absolute Gasteiger partial charge is 0.0465 e. The molecule has 300 valence electrons. The molecule has 1 aliphatic rings. The third kappa shape index (κ3) is 8.89. The van der Waals surface area contributed by atoms with Crippen LogP contribution in [0.15, 0.2) is 142 Å². The molecule has 7 rings (SSSR count). The minimum Gasteiger partial charge on any atom is -0.310 e. The van der Waals surface area contributed by atoms with E-state index in [9.17, 15) is 0 Å². The van der Waals surface area contributed by atoms with Crippen molar-refractivity contribution in [2.75, 3.05) is 9.80 Å². The van der Waals surface area contributed by atoms with Crippen LogP contribution < -0.4 is 9.80 Å². The topological polar surface area (TPSA) is 6.48 Å². The van der Waals surface area contributed by atoms with Gasteiger partial charge < -0.3 is 9.80 Å². The molecule has 0 spiro atoms. The number of unbranched alkanes of at least 4 members (excludes halogenated alkanes) is 5. The molecule has 0 unspecified atom stereocenters. The molecule has 0 atom stereocenters. The number of benzene rings is 6. The molecule has 6 aromatic rings. The third-order valence-electron chi connectivity index (χ3n) is 12.2. The zero-order chi connectivity index (χ0) is 41.2. The Kier molecular flexibility index (Phi) is 12.5. The van der Waals surface area contributed by atoms with Gasteiger partial charge in [0.2, 0.25) is 0 Å². The van der Waals surface area contributed by atoms with E-state index in [2.05, 4.69) is 231 Å². The van der Waals surface area contributed by atoms with E-state index in [4.69, 9.17) is 0 Å². The van der Waals surface area contributed by atoms with Gasteiger partial charge in [0, 0.05) is 48.5 Å². The second-order valence-corrected chi connectivity index (χ2v) is 20.4. The highest BCUT2D eigenvalue weighted by molar-refractivity contribution is 9.10. The molecule has 0 fully saturated rings. The Morgan fingerprint density at radius 2 is 0.759 bits per heavy atom. The van der Waals surface area contributed by atoms with Crippen LogP contribution in [0, 0.1) is 0 Å². The molecule has 0 N–H and O–H groups in total. The van der Waals surface area contributed by atoms with E-state index in [0.717, 1.165) is 38.1 Å². The predicted molar refractivity (Wildman–Crippen MR) is 258 cm³/mol. The van der Waals surface area contributed by atoms with E-state index in [0.29, 0.717) is 0 Å². The first-order valence-corrected chi connectivity index (χ1v) is 22.9. The Labute approximate surface area is 366 Å². The van der Waals surface area contributed by atoms with Crippen molar-refractivity contribution >= 4 is 66.0 Å². The van der Waals surface area contributed by atoms with Crippen LogP contribution in [0.4, 0.5) is 34.1 Å². The average molecular weight is 897 g/mol. The van der Waals surface area contributed by atoms with Gasteiger partial charge in [0.1, 0.15) is 0 Å². The van der Waals surface area contributed by atoms with E-state index >= 15 is 0 Å². The van der Waals surface area contributed by atoms with Crippen molar-refractivity contribution in [3.05, 3.63) is 165 Å². The van der Waals surface area contributed by atoms with E-state index in [1.54, 1.807) is 0 Å². The zero-order valence-corrected chi connectivity index (χ0v) is 39.0. The lowest BCUT2D eigenvalue weighted by atomic mass is 9.75. The summed E-state index contributed by atoms with van der Waals surface area (Å²) in [4.78, 5) is 4.85. The van der Waals surface area contributed by atoms with Crippen LogP contribution in [0.3, 0.4) is 0 Å². The normalized spacial score (nSPS) is 13.3. The molecule has 1 aliphatic carbocycles. The van der Waals surface area contributed by atoms with Gasteiger partial charge in [-0.3, -0.25) is 0 Å². The predicted octanol–water partition coefficient (Wildman–Crippen LogP) is 17.8. The van der Waals surface area contributed by atoms with Crippen molar-refractivity contribution in [3.63, 3.8) is 0 Å². The number of fused-ring (bicyclic) bond motifs is 3. The Balaban J connectivity index is 1.35. The molecule has 2 nitrogen and oxygen atoms in total. The maximum Gasteiger partial charge on any atom is 0.0465 e. The number of rotatable bonds is 13. The van der Waals surface area contributed by atoms with Crippen LogP contribution in [-0.4, -0.2) is 0 Å². The number of hydrogen-bond acceptors (Lipinski definition) is 2. The highest BCUT2D eigenvalue weighted by atomic mass is 79.9. The second-order valence-electron chi connectivity index (χ2n) is 18.5. The van der Waals surface area contributed by atoms with Gasteiger partial charge in [-0.25, -0.2) is 0 Å². The molecule has 0 bridgehead atoms. The maximum absolute atomic E-state index is 3.69. The Morgan fingerprint density at radius 1 is 0.431 bits per heavy atom. The van der Waals surface area contributed by atoms with Gasteiger partial charge in [-0.05, 0) is 148 Å². The Morgan fingerprint density at radius 3 is 1.12 bits per heavy atom. The Hall–Kier alpha value is -4.12. The number of halogens is 2. The summed E-state index contributed by atoms with van der Waals surface area (Å²) in [5.41, 5.74) is 15.2. The third-order valence-corrected chi connectivity index (χ3v) is 13.2. The van der Waals surface area contributed by atoms with Crippen LogP contribution in [0.2, 0.25) is 0 Å². The summed E-state index contributed by atoms with van der Waals surface area (Å²) < 4.78 is 2.15. The van der Waals surface area contributed by atoms with E-state index in [1.165, 1.54) is 83.3 Å². The lowest BCUT2D eigenvalue weighted by Crippen LogP contribution is -2.22. The fraction of sp³-hybridized carbons (Fsp3) is 0.333. The molecule has 4 heteroatoms. The molecular weight excluding hydrogens is 836 g/mol. The van der Waals surface area contributed by atoms with Crippen molar-refractivity contribution in [2.45, 2.75) is 117 Å². The van der Waals surface area contributed by atoms with Crippen LogP contribution in [-0.2, 0) is 16.2 Å². The summed E-state index contributed by atoms with van der Waals surface area (Å²) in [5.74, 6) is 0. The van der Waals surface area contributed by atoms with E-state index in [-0.39, 0.29) is 16.2 Å². The molecular formula is C54H60Br2N2. The van der Waals surface area contributed by atoms with Crippen molar-refractivity contribution in [1.82, 2.24) is 0 Å². The molecule has 0 saturated heterocycles. The summed E-state index contributed by atoms with van der Waals surface area (Å²) in [6, 6.07) is 50.2. The lowest BCUT2D eigenvalue weighted by Gasteiger charge is -2.32. The van der Waals surface area contributed by atoms with Crippen molar-refractivity contribution in [3.8, 4) is 11.1 Å². The molecule has 0 aliphatic heterocycles. The minimum atomic E-state index is -0.162. The van der Waals surface area contributed by atoms with Gasteiger partial charge in [0.25, 0.3) is 0 Å². The van der Waals surface area contributed by atoms with Gasteiger partial charge in [-0.1, -0.05) is 162 Å². The van der Waals surface area contributed by atoms with Crippen molar-refractivity contribution < 1.29 is 0 Å². The van der Waals surface area contributed by atoms with Gasteiger partial charge in [-0.15, -0.1) is 0 Å². The fourth-order valence-electron chi connectivity index (χ4n) is 8.69. The summed E-state index contributed by atoms with van der Waals surface area (Å²) in [6.07, 6.45) is 8.77. The molecule has 0 amide bonds. The number of hydrogen-bond donors (Lipinski definition) is 0. The van der Waals surface area contributed by atoms with Crippen LogP contribution in [0.25, 0.3) is 11.1 Å². The molecule has 6 aromatic carbocycles.